The predicted molar refractivity (Wildman–Crippen MR) is 88.8 cm³/mol. The minimum absolute atomic E-state index is 0.117. The Balaban J connectivity index is 1.65. The fourth-order valence-electron chi connectivity index (χ4n) is 1.95. The third kappa shape index (κ3) is 5.30. The van der Waals surface area contributed by atoms with E-state index in [1.165, 1.54) is 6.26 Å². The highest BCUT2D eigenvalue weighted by molar-refractivity contribution is 6.42. The number of halogens is 2. The van der Waals surface area contributed by atoms with Crippen LogP contribution in [0.2, 0.25) is 10.0 Å². The second-order valence-corrected chi connectivity index (χ2v) is 5.58. The zero-order chi connectivity index (χ0) is 16.7. The number of carbonyl (C=O) groups is 2. The van der Waals surface area contributed by atoms with Crippen molar-refractivity contribution in [3.63, 3.8) is 0 Å². The largest absolute Gasteiger partial charge is 0.459 e. The second-order valence-electron chi connectivity index (χ2n) is 4.80. The first-order chi connectivity index (χ1) is 11.1. The van der Waals surface area contributed by atoms with Crippen LogP contribution in [0.15, 0.2) is 41.0 Å². The monoisotopic (exact) mass is 354 g/mol. The zero-order valence-corrected chi connectivity index (χ0v) is 13.8. The van der Waals surface area contributed by atoms with Crippen molar-refractivity contribution < 1.29 is 14.0 Å². The second kappa shape index (κ2) is 8.60. The van der Waals surface area contributed by atoms with Crippen molar-refractivity contribution in [1.82, 2.24) is 10.6 Å². The molecule has 0 spiro atoms. The fraction of sp³-hybridized carbons (Fsp3) is 0.250. The summed E-state index contributed by atoms with van der Waals surface area (Å²) in [4.78, 5) is 23.4. The van der Waals surface area contributed by atoms with Crippen molar-refractivity contribution in [2.75, 3.05) is 13.1 Å². The van der Waals surface area contributed by atoms with Gasteiger partial charge in [-0.15, -0.1) is 0 Å². The van der Waals surface area contributed by atoms with Gasteiger partial charge in [-0.1, -0.05) is 35.3 Å². The molecule has 0 saturated heterocycles. The van der Waals surface area contributed by atoms with E-state index < -0.39 is 0 Å². The Labute approximate surface area is 144 Å². The Hall–Kier alpha value is -1.98. The molecule has 7 heteroatoms. The molecule has 2 rings (SSSR count). The number of furan rings is 1. The number of rotatable bonds is 7. The Morgan fingerprint density at radius 2 is 1.83 bits per heavy atom. The molecule has 0 saturated carbocycles. The van der Waals surface area contributed by atoms with E-state index in [0.29, 0.717) is 36.0 Å². The highest BCUT2D eigenvalue weighted by Gasteiger charge is 2.09. The summed E-state index contributed by atoms with van der Waals surface area (Å²) in [5.41, 5.74) is 0.834. The van der Waals surface area contributed by atoms with Gasteiger partial charge in [-0.3, -0.25) is 9.59 Å². The maximum Gasteiger partial charge on any atom is 0.287 e. The molecule has 1 heterocycles. The highest BCUT2D eigenvalue weighted by Crippen LogP contribution is 2.26. The quantitative estimate of drug-likeness (QED) is 0.750. The van der Waals surface area contributed by atoms with E-state index >= 15 is 0 Å². The number of benzene rings is 1. The van der Waals surface area contributed by atoms with Crippen LogP contribution in [0.4, 0.5) is 0 Å². The molecule has 2 aromatic rings. The van der Waals surface area contributed by atoms with Crippen molar-refractivity contribution in [2.45, 2.75) is 12.8 Å². The summed E-state index contributed by atoms with van der Waals surface area (Å²) < 4.78 is 4.96. The molecule has 0 unspecified atom stereocenters. The van der Waals surface area contributed by atoms with Crippen LogP contribution in [0.5, 0.6) is 0 Å². The molecular formula is C16H16Cl2N2O3. The van der Waals surface area contributed by atoms with Crippen molar-refractivity contribution in [3.05, 3.63) is 58.0 Å². The number of aryl methyl sites for hydroxylation is 1. The topological polar surface area (TPSA) is 71.3 Å². The van der Waals surface area contributed by atoms with Crippen LogP contribution < -0.4 is 10.6 Å². The average Bonchev–Trinajstić information content (AvgIpc) is 3.07. The van der Waals surface area contributed by atoms with Crippen molar-refractivity contribution in [1.29, 1.82) is 0 Å². The first-order valence-electron chi connectivity index (χ1n) is 7.09. The molecule has 122 valence electrons. The van der Waals surface area contributed by atoms with Gasteiger partial charge in [0.05, 0.1) is 16.3 Å². The van der Waals surface area contributed by atoms with Gasteiger partial charge in [0.2, 0.25) is 5.91 Å². The molecule has 0 bridgehead atoms. The predicted octanol–water partition coefficient (Wildman–Crippen LogP) is 3.07. The molecule has 0 aliphatic heterocycles. The van der Waals surface area contributed by atoms with Gasteiger partial charge in [-0.05, 0) is 30.2 Å². The van der Waals surface area contributed by atoms with Gasteiger partial charge in [-0.25, -0.2) is 0 Å². The van der Waals surface area contributed by atoms with Gasteiger partial charge in [-0.2, -0.15) is 0 Å². The number of amides is 2. The number of hydrogen-bond donors (Lipinski definition) is 2. The Morgan fingerprint density at radius 3 is 2.57 bits per heavy atom. The molecule has 2 amide bonds. The molecule has 0 radical (unpaired) electrons. The van der Waals surface area contributed by atoms with E-state index in [4.69, 9.17) is 27.6 Å². The van der Waals surface area contributed by atoms with E-state index in [9.17, 15) is 9.59 Å². The van der Waals surface area contributed by atoms with Crippen LogP contribution in [0.25, 0.3) is 0 Å². The van der Waals surface area contributed by atoms with Gasteiger partial charge in [0, 0.05) is 19.5 Å². The van der Waals surface area contributed by atoms with Gasteiger partial charge in [0.25, 0.3) is 5.91 Å². The van der Waals surface area contributed by atoms with Crippen LogP contribution in [0.1, 0.15) is 22.5 Å². The van der Waals surface area contributed by atoms with Crippen LogP contribution in [-0.4, -0.2) is 24.9 Å². The number of carbonyl (C=O) groups excluding carboxylic acids is 2. The van der Waals surface area contributed by atoms with E-state index in [2.05, 4.69) is 10.6 Å². The Kier molecular flexibility index (Phi) is 6.50. The summed E-state index contributed by atoms with van der Waals surface area (Å²) in [5, 5.41) is 6.33. The fourth-order valence-corrected chi connectivity index (χ4v) is 2.37. The van der Waals surface area contributed by atoms with Crippen LogP contribution in [-0.2, 0) is 11.2 Å². The molecule has 0 atom stereocenters. The van der Waals surface area contributed by atoms with Crippen molar-refractivity contribution >= 4 is 35.0 Å². The smallest absolute Gasteiger partial charge is 0.287 e. The molecule has 1 aromatic carbocycles. The first kappa shape index (κ1) is 17.4. The van der Waals surface area contributed by atoms with Gasteiger partial charge < -0.3 is 15.1 Å². The lowest BCUT2D eigenvalue weighted by molar-refractivity contribution is -0.121. The normalized spacial score (nSPS) is 10.3. The molecule has 23 heavy (non-hydrogen) atoms. The molecule has 0 fully saturated rings. The SMILES string of the molecule is O=C(CCc1cccc(Cl)c1Cl)NCCNC(=O)c1ccco1. The van der Waals surface area contributed by atoms with Crippen molar-refractivity contribution in [3.8, 4) is 0 Å². The Morgan fingerprint density at radius 1 is 1.04 bits per heavy atom. The maximum atomic E-state index is 11.8. The van der Waals surface area contributed by atoms with Crippen LogP contribution in [0.3, 0.4) is 0 Å². The first-order valence-corrected chi connectivity index (χ1v) is 7.85. The maximum absolute atomic E-state index is 11.8. The minimum atomic E-state index is -0.310. The average molecular weight is 355 g/mol. The molecular weight excluding hydrogens is 339 g/mol. The van der Waals surface area contributed by atoms with Crippen molar-refractivity contribution in [2.24, 2.45) is 0 Å². The summed E-state index contributed by atoms with van der Waals surface area (Å²) in [6.07, 6.45) is 2.23. The lowest BCUT2D eigenvalue weighted by Gasteiger charge is -2.07. The van der Waals surface area contributed by atoms with Gasteiger partial charge >= 0.3 is 0 Å². The summed E-state index contributed by atoms with van der Waals surface area (Å²) >= 11 is 12.0. The van der Waals surface area contributed by atoms with E-state index in [-0.39, 0.29) is 17.6 Å². The molecule has 1 aromatic heterocycles. The van der Waals surface area contributed by atoms with Crippen LogP contribution in [0, 0.1) is 0 Å². The third-order valence-corrected chi connectivity index (χ3v) is 3.99. The Bertz CT molecular complexity index is 672. The van der Waals surface area contributed by atoms with E-state index in [1.54, 1.807) is 24.3 Å². The van der Waals surface area contributed by atoms with Crippen LogP contribution >= 0.6 is 23.2 Å². The third-order valence-electron chi connectivity index (χ3n) is 3.13. The summed E-state index contributed by atoms with van der Waals surface area (Å²) in [7, 11) is 0. The molecule has 0 aliphatic carbocycles. The minimum Gasteiger partial charge on any atom is -0.459 e. The molecule has 2 N–H and O–H groups in total. The molecule has 0 aliphatic rings. The van der Waals surface area contributed by atoms with Gasteiger partial charge in [0.1, 0.15) is 0 Å². The summed E-state index contributed by atoms with van der Waals surface area (Å²) in [5.74, 6) is -0.185. The summed E-state index contributed by atoms with van der Waals surface area (Å²) in [6, 6.07) is 8.55. The van der Waals surface area contributed by atoms with E-state index in [1.807, 2.05) is 6.07 Å². The van der Waals surface area contributed by atoms with Gasteiger partial charge in [0.15, 0.2) is 5.76 Å². The zero-order valence-electron chi connectivity index (χ0n) is 12.3. The molecule has 5 nitrogen and oxygen atoms in total. The number of hydrogen-bond acceptors (Lipinski definition) is 3. The standard InChI is InChI=1S/C16H16Cl2N2O3/c17-12-4-1-3-11(15(12)18)6-7-14(21)19-8-9-20-16(22)13-5-2-10-23-13/h1-5,10H,6-9H2,(H,19,21)(H,20,22). The van der Waals surface area contributed by atoms with E-state index in [0.717, 1.165) is 5.56 Å². The number of nitrogens with one attached hydrogen (secondary N) is 2. The summed E-state index contributed by atoms with van der Waals surface area (Å²) in [6.45, 7) is 0.664. The lowest BCUT2D eigenvalue weighted by Crippen LogP contribution is -2.34. The highest BCUT2D eigenvalue weighted by atomic mass is 35.5. The lowest BCUT2D eigenvalue weighted by atomic mass is 10.1.